The van der Waals surface area contributed by atoms with Gasteiger partial charge in [0.15, 0.2) is 0 Å². The van der Waals surface area contributed by atoms with E-state index in [2.05, 4.69) is 6.92 Å². The van der Waals surface area contributed by atoms with Crippen LogP contribution >= 0.6 is 0 Å². The third kappa shape index (κ3) is 16.7. The largest absolute Gasteiger partial charge is 0.393 e. The summed E-state index contributed by atoms with van der Waals surface area (Å²) in [5, 5.41) is 31.8. The summed E-state index contributed by atoms with van der Waals surface area (Å²) in [4.78, 5) is 26.8. The number of likely N-dealkylation sites (tertiary alicyclic amines) is 1. The lowest BCUT2D eigenvalue weighted by Gasteiger charge is -2.29. The minimum absolute atomic E-state index is 0.00934. The van der Waals surface area contributed by atoms with Gasteiger partial charge in [0.2, 0.25) is 5.91 Å². The first kappa shape index (κ1) is 43.3. The Morgan fingerprint density at radius 1 is 0.580 bits per heavy atom. The van der Waals surface area contributed by atoms with Crippen LogP contribution in [0.2, 0.25) is 0 Å². The standard InChI is InChI=1S/C42H77NO7/c1-3-4-5-16-22-34(45)23-21-26-37(47)39-28-30-41(50-39)40-29-27-38(49-40)36(46)25-18-14-12-10-8-6-7-9-11-13-17-24-35(33(2)44)42(48)43-31-19-15-20-32-43/h34-41,45-47H,3-32H2,1-2H3/t34-,35?,36+,37-,38+,39+,40+,41+/m0/s1. The highest BCUT2D eigenvalue weighted by Crippen LogP contribution is 2.34. The lowest BCUT2D eigenvalue weighted by atomic mass is 9.94. The Labute approximate surface area is 305 Å². The number of rotatable bonds is 28. The molecule has 3 N–H and O–H groups in total. The summed E-state index contributed by atoms with van der Waals surface area (Å²) in [6.45, 7) is 5.42. The molecule has 3 saturated heterocycles. The van der Waals surface area contributed by atoms with Gasteiger partial charge in [0, 0.05) is 13.1 Å². The van der Waals surface area contributed by atoms with E-state index in [0.29, 0.717) is 12.8 Å². The molecule has 0 aromatic carbocycles. The molecule has 8 atom stereocenters. The summed E-state index contributed by atoms with van der Waals surface area (Å²) < 4.78 is 12.6. The highest BCUT2D eigenvalue weighted by Gasteiger charge is 2.40. The zero-order valence-electron chi connectivity index (χ0n) is 32.3. The van der Waals surface area contributed by atoms with Crippen molar-refractivity contribution in [3.8, 4) is 0 Å². The molecule has 0 saturated carbocycles. The van der Waals surface area contributed by atoms with E-state index < -0.39 is 18.1 Å². The van der Waals surface area contributed by atoms with Gasteiger partial charge < -0.3 is 29.7 Å². The van der Waals surface area contributed by atoms with Crippen LogP contribution in [-0.4, -0.2) is 87.7 Å². The van der Waals surface area contributed by atoms with Crippen molar-refractivity contribution in [3.05, 3.63) is 0 Å². The summed E-state index contributed by atoms with van der Waals surface area (Å²) >= 11 is 0. The van der Waals surface area contributed by atoms with Gasteiger partial charge in [0.05, 0.1) is 48.6 Å². The highest BCUT2D eigenvalue weighted by atomic mass is 16.6. The summed E-state index contributed by atoms with van der Waals surface area (Å²) in [5.74, 6) is -0.325. The molecule has 0 aromatic heterocycles. The monoisotopic (exact) mass is 708 g/mol. The molecule has 3 aliphatic heterocycles. The van der Waals surface area contributed by atoms with Gasteiger partial charge in [-0.15, -0.1) is 0 Å². The lowest BCUT2D eigenvalue weighted by molar-refractivity contribution is -0.141. The number of piperidine rings is 1. The van der Waals surface area contributed by atoms with E-state index in [9.17, 15) is 24.9 Å². The van der Waals surface area contributed by atoms with Crippen molar-refractivity contribution in [1.82, 2.24) is 4.90 Å². The van der Waals surface area contributed by atoms with Crippen molar-refractivity contribution in [1.29, 1.82) is 0 Å². The summed E-state index contributed by atoms with van der Waals surface area (Å²) in [6, 6.07) is 0. The number of unbranched alkanes of at least 4 members (excludes halogenated alkanes) is 13. The van der Waals surface area contributed by atoms with Crippen LogP contribution in [0.15, 0.2) is 0 Å². The molecule has 1 amide bonds. The molecule has 50 heavy (non-hydrogen) atoms. The quantitative estimate of drug-likeness (QED) is 0.0551. The highest BCUT2D eigenvalue weighted by molar-refractivity contribution is 6.00. The minimum Gasteiger partial charge on any atom is -0.393 e. The van der Waals surface area contributed by atoms with Gasteiger partial charge in [-0.2, -0.15) is 0 Å². The average molecular weight is 708 g/mol. The van der Waals surface area contributed by atoms with Gasteiger partial charge in [-0.25, -0.2) is 0 Å². The normalized spacial score (nSPS) is 25.1. The van der Waals surface area contributed by atoms with Crippen molar-refractivity contribution in [2.75, 3.05) is 13.1 Å². The van der Waals surface area contributed by atoms with Crippen LogP contribution in [0.25, 0.3) is 0 Å². The Kier molecular flexibility index (Phi) is 22.4. The number of aliphatic hydroxyl groups is 3. The van der Waals surface area contributed by atoms with E-state index in [0.717, 1.165) is 109 Å². The van der Waals surface area contributed by atoms with Crippen LogP contribution in [0.3, 0.4) is 0 Å². The molecule has 3 aliphatic rings. The van der Waals surface area contributed by atoms with E-state index in [4.69, 9.17) is 9.47 Å². The molecule has 3 fully saturated rings. The fraction of sp³-hybridized carbons (Fsp3) is 0.952. The van der Waals surface area contributed by atoms with Gasteiger partial charge in [0.1, 0.15) is 5.78 Å². The molecule has 0 aromatic rings. The molecule has 8 heteroatoms. The Bertz CT molecular complexity index is 895. The molecule has 292 valence electrons. The number of carbonyl (C=O) groups is 2. The van der Waals surface area contributed by atoms with Crippen LogP contribution in [0, 0.1) is 5.92 Å². The van der Waals surface area contributed by atoms with Crippen LogP contribution < -0.4 is 0 Å². The summed E-state index contributed by atoms with van der Waals surface area (Å²) in [5.41, 5.74) is 0. The fourth-order valence-electron chi connectivity index (χ4n) is 8.51. The zero-order chi connectivity index (χ0) is 36.0. The van der Waals surface area contributed by atoms with Gasteiger partial charge in [0.25, 0.3) is 0 Å². The minimum atomic E-state index is -0.485. The number of aliphatic hydroxyl groups excluding tert-OH is 3. The van der Waals surface area contributed by atoms with Crippen LogP contribution in [-0.2, 0) is 19.1 Å². The Balaban J connectivity index is 1.12. The van der Waals surface area contributed by atoms with Crippen molar-refractivity contribution in [3.63, 3.8) is 0 Å². The maximum Gasteiger partial charge on any atom is 0.233 e. The molecule has 1 unspecified atom stereocenters. The predicted molar refractivity (Wildman–Crippen MR) is 201 cm³/mol. The number of amides is 1. The van der Waals surface area contributed by atoms with Gasteiger partial charge >= 0.3 is 0 Å². The zero-order valence-corrected chi connectivity index (χ0v) is 32.3. The molecule has 0 spiro atoms. The third-order valence-electron chi connectivity index (χ3n) is 11.8. The van der Waals surface area contributed by atoms with Crippen LogP contribution in [0.1, 0.15) is 194 Å². The van der Waals surface area contributed by atoms with Crippen LogP contribution in [0.5, 0.6) is 0 Å². The lowest BCUT2D eigenvalue weighted by Crippen LogP contribution is -2.41. The van der Waals surface area contributed by atoms with Gasteiger partial charge in [-0.05, 0) is 90.4 Å². The number of hydrogen-bond acceptors (Lipinski definition) is 7. The van der Waals surface area contributed by atoms with Gasteiger partial charge in [-0.1, -0.05) is 103 Å². The first-order valence-electron chi connectivity index (χ1n) is 21.4. The number of ether oxygens (including phenoxy) is 2. The van der Waals surface area contributed by atoms with E-state index in [1.54, 1.807) is 6.92 Å². The topological polar surface area (TPSA) is 117 Å². The molecule has 3 heterocycles. The van der Waals surface area contributed by atoms with Crippen molar-refractivity contribution < 1.29 is 34.4 Å². The van der Waals surface area contributed by atoms with E-state index in [1.807, 2.05) is 4.90 Å². The van der Waals surface area contributed by atoms with Crippen LogP contribution in [0.4, 0.5) is 0 Å². The molecule has 0 bridgehead atoms. The smallest absolute Gasteiger partial charge is 0.233 e. The first-order valence-corrected chi connectivity index (χ1v) is 21.4. The molecule has 8 nitrogen and oxygen atoms in total. The Hall–Kier alpha value is -1.06. The number of nitrogens with zero attached hydrogens (tertiary/aromatic N) is 1. The van der Waals surface area contributed by atoms with Crippen molar-refractivity contribution >= 4 is 11.7 Å². The molecular weight excluding hydrogens is 630 g/mol. The molecule has 0 aliphatic carbocycles. The third-order valence-corrected chi connectivity index (χ3v) is 11.8. The van der Waals surface area contributed by atoms with Crippen molar-refractivity contribution in [2.24, 2.45) is 5.92 Å². The number of carbonyl (C=O) groups excluding carboxylic acids is 2. The van der Waals surface area contributed by atoms with E-state index in [-0.39, 0.29) is 42.2 Å². The Morgan fingerprint density at radius 3 is 1.54 bits per heavy atom. The second-order valence-corrected chi connectivity index (χ2v) is 16.2. The van der Waals surface area contributed by atoms with Gasteiger partial charge in [-0.3, -0.25) is 9.59 Å². The molecule has 0 radical (unpaired) electrons. The first-order chi connectivity index (χ1) is 24.3. The predicted octanol–water partition coefficient (Wildman–Crippen LogP) is 8.59. The second kappa shape index (κ2) is 25.8. The van der Waals surface area contributed by atoms with Crippen molar-refractivity contribution in [2.45, 2.75) is 236 Å². The average Bonchev–Trinajstić information content (AvgIpc) is 3.81. The maximum atomic E-state index is 12.8. The fourth-order valence-corrected chi connectivity index (χ4v) is 8.51. The SMILES string of the molecule is CCCCCC[C@H](O)CCC[C@H](O)[C@H]1CC[C@H]([C@H]2CC[C@H]([C@H](O)CCCCCCCCCCCCCC(C(C)=O)C(=O)N3CCCCC3)O2)O1. The second-order valence-electron chi connectivity index (χ2n) is 16.2. The molecule has 3 rings (SSSR count). The number of hydrogen-bond donors (Lipinski definition) is 3. The Morgan fingerprint density at radius 2 is 1.02 bits per heavy atom. The van der Waals surface area contributed by atoms with E-state index >= 15 is 0 Å². The maximum absolute atomic E-state index is 12.8. The number of ketones is 1. The number of Topliss-reactive ketones (excluding diaryl/α,β-unsaturated/α-hetero) is 1. The summed E-state index contributed by atoms with van der Waals surface area (Å²) in [6.07, 6.45) is 27.8. The van der Waals surface area contributed by atoms with E-state index in [1.165, 1.54) is 70.6 Å². The summed E-state index contributed by atoms with van der Waals surface area (Å²) in [7, 11) is 0. The molecular formula is C42H77NO7.